The highest BCUT2D eigenvalue weighted by Gasteiger charge is 2.29. The molecule has 1 heterocycles. The van der Waals surface area contributed by atoms with E-state index in [0.29, 0.717) is 6.61 Å². The molecule has 0 N–H and O–H groups in total. The second-order valence-electron chi connectivity index (χ2n) is 2.86. The lowest BCUT2D eigenvalue weighted by molar-refractivity contribution is -0.128. The van der Waals surface area contributed by atoms with E-state index in [1.165, 1.54) is 0 Å². The van der Waals surface area contributed by atoms with Crippen molar-refractivity contribution in [3.8, 4) is 6.07 Å². The Morgan fingerprint density at radius 2 is 2.55 bits per heavy atom. The van der Waals surface area contributed by atoms with Crippen LogP contribution in [0.2, 0.25) is 0 Å². The summed E-state index contributed by atoms with van der Waals surface area (Å²) in [7, 11) is 0. The highest BCUT2D eigenvalue weighted by molar-refractivity contribution is 5.85. The van der Waals surface area contributed by atoms with Gasteiger partial charge in [-0.05, 0) is 12.3 Å². The lowest BCUT2D eigenvalue weighted by Crippen LogP contribution is -2.24. The molecule has 0 aliphatic carbocycles. The Labute approximate surface area is 66.0 Å². The molecule has 0 spiro atoms. The molecule has 0 radical (unpaired) electrons. The Balaban J connectivity index is 2.47. The Morgan fingerprint density at radius 1 is 1.82 bits per heavy atom. The van der Waals surface area contributed by atoms with Gasteiger partial charge in [-0.1, -0.05) is 6.92 Å². The Hall–Kier alpha value is -0.880. The van der Waals surface area contributed by atoms with Crippen molar-refractivity contribution >= 4 is 5.78 Å². The van der Waals surface area contributed by atoms with Crippen LogP contribution in [0.25, 0.3) is 0 Å². The Kier molecular flexibility index (Phi) is 2.61. The van der Waals surface area contributed by atoms with Gasteiger partial charge in [-0.15, -0.1) is 0 Å². The highest BCUT2D eigenvalue weighted by atomic mass is 16.5. The summed E-state index contributed by atoms with van der Waals surface area (Å²) in [5, 5.41) is 8.26. The van der Waals surface area contributed by atoms with Crippen molar-refractivity contribution in [2.24, 2.45) is 5.92 Å². The van der Waals surface area contributed by atoms with Crippen LogP contribution >= 0.6 is 0 Å². The van der Waals surface area contributed by atoms with E-state index in [4.69, 9.17) is 10.00 Å². The summed E-state index contributed by atoms with van der Waals surface area (Å²) in [6.45, 7) is 2.63. The summed E-state index contributed by atoms with van der Waals surface area (Å²) < 4.78 is 5.18. The van der Waals surface area contributed by atoms with Crippen LogP contribution in [0.5, 0.6) is 0 Å². The van der Waals surface area contributed by atoms with Crippen LogP contribution in [0, 0.1) is 17.2 Å². The standard InChI is InChI=1S/C8H11NO2/c1-6-3-5-11-8(6)7(10)2-4-9/h6,8H,2-3,5H2,1H3. The second kappa shape index (κ2) is 3.49. The van der Waals surface area contributed by atoms with E-state index in [0.717, 1.165) is 6.42 Å². The monoisotopic (exact) mass is 153 g/mol. The molecule has 1 rings (SSSR count). The summed E-state index contributed by atoms with van der Waals surface area (Å²) >= 11 is 0. The first-order chi connectivity index (χ1) is 5.25. The van der Waals surface area contributed by atoms with Crippen LogP contribution in [0.1, 0.15) is 19.8 Å². The predicted molar refractivity (Wildman–Crippen MR) is 38.8 cm³/mol. The average Bonchev–Trinajstić information content (AvgIpc) is 2.36. The zero-order valence-electron chi connectivity index (χ0n) is 6.54. The Bertz CT molecular complexity index is 195. The molecule has 3 nitrogen and oxygen atoms in total. The quantitative estimate of drug-likeness (QED) is 0.592. The molecule has 0 bridgehead atoms. The molecule has 1 aliphatic rings. The molecule has 60 valence electrons. The predicted octanol–water partition coefficient (Wildman–Crippen LogP) is 0.894. The third-order valence-corrected chi connectivity index (χ3v) is 1.96. The van der Waals surface area contributed by atoms with Crippen LogP contribution in [-0.2, 0) is 9.53 Å². The summed E-state index contributed by atoms with van der Waals surface area (Å²) in [6, 6.07) is 1.84. The lowest BCUT2D eigenvalue weighted by Gasteiger charge is -2.09. The van der Waals surface area contributed by atoms with Crippen molar-refractivity contribution in [3.63, 3.8) is 0 Å². The summed E-state index contributed by atoms with van der Waals surface area (Å²) in [5.74, 6) is 0.216. The zero-order chi connectivity index (χ0) is 8.27. The van der Waals surface area contributed by atoms with E-state index in [-0.39, 0.29) is 24.2 Å². The van der Waals surface area contributed by atoms with Crippen LogP contribution < -0.4 is 0 Å². The molecule has 2 unspecified atom stereocenters. The molecule has 11 heavy (non-hydrogen) atoms. The van der Waals surface area contributed by atoms with Crippen molar-refractivity contribution < 1.29 is 9.53 Å². The van der Waals surface area contributed by atoms with Crippen molar-refractivity contribution in [2.75, 3.05) is 6.61 Å². The SMILES string of the molecule is CC1CCOC1C(=O)CC#N. The molecule has 0 aromatic carbocycles. The third kappa shape index (κ3) is 1.78. The van der Waals surface area contributed by atoms with Gasteiger partial charge in [0.25, 0.3) is 0 Å². The first kappa shape index (κ1) is 8.22. The number of hydrogen-bond acceptors (Lipinski definition) is 3. The van der Waals surface area contributed by atoms with Crippen LogP contribution in [-0.4, -0.2) is 18.5 Å². The number of nitrogens with zero attached hydrogens (tertiary/aromatic N) is 1. The molecular weight excluding hydrogens is 142 g/mol. The number of Topliss-reactive ketones (excluding diaryl/α,β-unsaturated/α-hetero) is 1. The van der Waals surface area contributed by atoms with Gasteiger partial charge in [0.05, 0.1) is 12.5 Å². The minimum absolute atomic E-state index is 0.0188. The molecule has 0 saturated carbocycles. The first-order valence-corrected chi connectivity index (χ1v) is 3.77. The minimum Gasteiger partial charge on any atom is -0.370 e. The molecular formula is C8H11NO2. The lowest BCUT2D eigenvalue weighted by atomic mass is 9.99. The molecule has 0 aromatic rings. The average molecular weight is 153 g/mol. The van der Waals surface area contributed by atoms with Crippen molar-refractivity contribution in [1.29, 1.82) is 5.26 Å². The molecule has 1 aliphatic heterocycles. The zero-order valence-corrected chi connectivity index (χ0v) is 6.54. The number of carbonyl (C=O) groups excluding carboxylic acids is 1. The van der Waals surface area contributed by atoms with Gasteiger partial charge in [-0.2, -0.15) is 5.26 Å². The van der Waals surface area contributed by atoms with Gasteiger partial charge in [0.15, 0.2) is 5.78 Å². The summed E-state index contributed by atoms with van der Waals surface area (Å²) in [6.07, 6.45) is 0.603. The molecule has 1 fully saturated rings. The van der Waals surface area contributed by atoms with Gasteiger partial charge in [0.1, 0.15) is 6.10 Å². The first-order valence-electron chi connectivity index (χ1n) is 3.77. The van der Waals surface area contributed by atoms with Crippen LogP contribution in [0.3, 0.4) is 0 Å². The fourth-order valence-electron chi connectivity index (χ4n) is 1.29. The number of ether oxygens (including phenoxy) is 1. The number of ketones is 1. The molecule has 1 saturated heterocycles. The fraction of sp³-hybridized carbons (Fsp3) is 0.750. The van der Waals surface area contributed by atoms with Gasteiger partial charge in [0, 0.05) is 6.61 Å². The van der Waals surface area contributed by atoms with E-state index in [1.807, 2.05) is 13.0 Å². The number of carbonyl (C=O) groups is 1. The normalized spacial score (nSPS) is 29.8. The topological polar surface area (TPSA) is 50.1 Å². The number of hydrogen-bond donors (Lipinski definition) is 0. The maximum absolute atomic E-state index is 11.1. The molecule has 2 atom stereocenters. The van der Waals surface area contributed by atoms with Gasteiger partial charge < -0.3 is 4.74 Å². The summed E-state index contributed by atoms with van der Waals surface area (Å²) in [4.78, 5) is 11.1. The van der Waals surface area contributed by atoms with E-state index >= 15 is 0 Å². The largest absolute Gasteiger partial charge is 0.370 e. The van der Waals surface area contributed by atoms with Gasteiger partial charge in [0.2, 0.25) is 0 Å². The number of nitriles is 1. The van der Waals surface area contributed by atoms with E-state index in [1.54, 1.807) is 0 Å². The van der Waals surface area contributed by atoms with Crippen LogP contribution in [0.4, 0.5) is 0 Å². The molecule has 0 amide bonds. The third-order valence-electron chi connectivity index (χ3n) is 1.96. The second-order valence-corrected chi connectivity index (χ2v) is 2.86. The highest BCUT2D eigenvalue weighted by Crippen LogP contribution is 2.21. The Morgan fingerprint density at radius 3 is 3.00 bits per heavy atom. The van der Waals surface area contributed by atoms with Crippen LogP contribution in [0.15, 0.2) is 0 Å². The molecule has 3 heteroatoms. The smallest absolute Gasteiger partial charge is 0.175 e. The van der Waals surface area contributed by atoms with Crippen molar-refractivity contribution in [1.82, 2.24) is 0 Å². The van der Waals surface area contributed by atoms with Gasteiger partial charge in [-0.25, -0.2) is 0 Å². The van der Waals surface area contributed by atoms with E-state index in [9.17, 15) is 4.79 Å². The van der Waals surface area contributed by atoms with E-state index < -0.39 is 0 Å². The van der Waals surface area contributed by atoms with Crippen molar-refractivity contribution in [2.45, 2.75) is 25.9 Å². The minimum atomic E-state index is -0.311. The van der Waals surface area contributed by atoms with E-state index in [2.05, 4.69) is 0 Å². The van der Waals surface area contributed by atoms with Gasteiger partial charge >= 0.3 is 0 Å². The summed E-state index contributed by atoms with van der Waals surface area (Å²) in [5.41, 5.74) is 0. The fourth-order valence-corrected chi connectivity index (χ4v) is 1.29. The maximum atomic E-state index is 11.1. The van der Waals surface area contributed by atoms with Crippen molar-refractivity contribution in [3.05, 3.63) is 0 Å². The van der Waals surface area contributed by atoms with Gasteiger partial charge in [-0.3, -0.25) is 4.79 Å². The molecule has 0 aromatic heterocycles. The number of rotatable bonds is 2. The maximum Gasteiger partial charge on any atom is 0.175 e.